The van der Waals surface area contributed by atoms with Crippen LogP contribution in [-0.4, -0.2) is 31.5 Å². The second-order valence-corrected chi connectivity index (χ2v) is 10.7. The van der Waals surface area contributed by atoms with E-state index in [4.69, 9.17) is 10.5 Å². The fraction of sp³-hybridized carbons (Fsp3) is 0.179. The molecule has 4 rings (SSSR count). The number of aromatic nitrogens is 2. The molecule has 0 bridgehead atoms. The van der Waals surface area contributed by atoms with E-state index in [1.54, 1.807) is 67.1 Å². The Labute approximate surface area is 210 Å². The van der Waals surface area contributed by atoms with E-state index in [0.717, 1.165) is 22.4 Å². The standard InChI is InChI=1S/C28H27N3O4S/c1-35-27(32)15-12-21-6-5-7-24(18-21)28(29,36(33,34)25-8-3-2-4-9-25)19-22-10-13-23(14-11-22)26-20-30-16-17-31-26/h2-11,13-14,16-18,20H,12,15,19,29H2,1H3. The lowest BCUT2D eigenvalue weighted by Gasteiger charge is -2.30. The van der Waals surface area contributed by atoms with Crippen LogP contribution in [0.15, 0.2) is 102 Å². The highest BCUT2D eigenvalue weighted by Gasteiger charge is 2.43. The summed E-state index contributed by atoms with van der Waals surface area (Å²) in [5, 5.41) is 0. The Kier molecular flexibility index (Phi) is 7.57. The summed E-state index contributed by atoms with van der Waals surface area (Å²) in [6.45, 7) is 0. The van der Waals surface area contributed by atoms with Gasteiger partial charge in [-0.25, -0.2) is 8.42 Å². The van der Waals surface area contributed by atoms with E-state index in [9.17, 15) is 13.2 Å². The van der Waals surface area contributed by atoms with Crippen LogP contribution >= 0.6 is 0 Å². The Morgan fingerprint density at radius 2 is 1.69 bits per heavy atom. The Morgan fingerprint density at radius 3 is 2.36 bits per heavy atom. The van der Waals surface area contributed by atoms with Gasteiger partial charge in [-0.15, -0.1) is 0 Å². The first-order valence-electron chi connectivity index (χ1n) is 11.4. The zero-order chi connectivity index (χ0) is 25.6. The number of benzene rings is 3. The number of nitrogens with zero attached hydrogens (tertiary/aromatic N) is 2. The Morgan fingerprint density at radius 1 is 0.944 bits per heavy atom. The Balaban J connectivity index is 1.74. The number of nitrogens with two attached hydrogens (primary N) is 1. The van der Waals surface area contributed by atoms with E-state index in [0.29, 0.717) is 12.0 Å². The van der Waals surface area contributed by atoms with Crippen molar-refractivity contribution in [3.8, 4) is 11.3 Å². The number of ether oxygens (including phenoxy) is 1. The summed E-state index contributed by atoms with van der Waals surface area (Å²) in [4.78, 5) is 18.4. The molecule has 1 atom stereocenters. The van der Waals surface area contributed by atoms with Gasteiger partial charge in [-0.1, -0.05) is 66.7 Å². The molecule has 0 aliphatic heterocycles. The lowest BCUT2D eigenvalue weighted by molar-refractivity contribution is -0.140. The van der Waals surface area contributed by atoms with Gasteiger partial charge in [0.2, 0.25) is 9.84 Å². The summed E-state index contributed by atoms with van der Waals surface area (Å²) in [6.07, 6.45) is 5.54. The second-order valence-electron chi connectivity index (χ2n) is 8.45. The van der Waals surface area contributed by atoms with Crippen molar-refractivity contribution >= 4 is 15.8 Å². The van der Waals surface area contributed by atoms with Crippen LogP contribution in [0.25, 0.3) is 11.3 Å². The molecule has 184 valence electrons. The summed E-state index contributed by atoms with van der Waals surface area (Å²) in [5.41, 5.74) is 10.5. The average Bonchev–Trinajstić information content (AvgIpc) is 2.93. The summed E-state index contributed by atoms with van der Waals surface area (Å²) in [5.74, 6) is -0.334. The fourth-order valence-corrected chi connectivity index (χ4v) is 5.78. The maximum absolute atomic E-state index is 14.0. The molecule has 8 heteroatoms. The van der Waals surface area contributed by atoms with Crippen LogP contribution in [0.1, 0.15) is 23.1 Å². The minimum Gasteiger partial charge on any atom is -0.469 e. The first-order valence-corrected chi connectivity index (χ1v) is 12.9. The zero-order valence-electron chi connectivity index (χ0n) is 19.9. The van der Waals surface area contributed by atoms with Gasteiger partial charge in [-0.2, -0.15) is 0 Å². The fourth-order valence-electron chi connectivity index (χ4n) is 4.05. The van der Waals surface area contributed by atoms with Crippen molar-refractivity contribution in [2.45, 2.75) is 29.0 Å². The Bertz CT molecular complexity index is 1430. The molecule has 7 nitrogen and oxygen atoms in total. The summed E-state index contributed by atoms with van der Waals surface area (Å²) < 4.78 is 32.6. The van der Waals surface area contributed by atoms with E-state index in [1.807, 2.05) is 30.3 Å². The molecule has 36 heavy (non-hydrogen) atoms. The van der Waals surface area contributed by atoms with Gasteiger partial charge < -0.3 is 10.5 Å². The lowest BCUT2D eigenvalue weighted by atomic mass is 9.95. The molecule has 4 aromatic rings. The predicted molar refractivity (Wildman–Crippen MR) is 137 cm³/mol. The van der Waals surface area contributed by atoms with Crippen LogP contribution in [0, 0.1) is 0 Å². The first kappa shape index (κ1) is 25.2. The molecule has 0 saturated heterocycles. The molecule has 0 saturated carbocycles. The molecular weight excluding hydrogens is 474 g/mol. The number of esters is 1. The predicted octanol–water partition coefficient (Wildman–Crippen LogP) is 4.08. The summed E-state index contributed by atoms with van der Waals surface area (Å²) >= 11 is 0. The largest absolute Gasteiger partial charge is 0.469 e. The highest BCUT2D eigenvalue weighted by atomic mass is 32.2. The van der Waals surface area contributed by atoms with Crippen molar-refractivity contribution in [2.75, 3.05) is 7.11 Å². The van der Waals surface area contributed by atoms with Crippen molar-refractivity contribution < 1.29 is 17.9 Å². The van der Waals surface area contributed by atoms with Crippen LogP contribution in [0.5, 0.6) is 0 Å². The van der Waals surface area contributed by atoms with Gasteiger partial charge in [-0.05, 0) is 35.2 Å². The van der Waals surface area contributed by atoms with Crippen LogP contribution in [0.4, 0.5) is 0 Å². The van der Waals surface area contributed by atoms with Gasteiger partial charge >= 0.3 is 5.97 Å². The monoisotopic (exact) mass is 501 g/mol. The molecule has 0 fully saturated rings. The Hall–Kier alpha value is -3.88. The van der Waals surface area contributed by atoms with E-state index in [-0.39, 0.29) is 23.7 Å². The SMILES string of the molecule is COC(=O)CCc1cccc(C(N)(Cc2ccc(-c3cnccn3)cc2)S(=O)(=O)c2ccccc2)c1. The molecule has 0 aliphatic carbocycles. The zero-order valence-corrected chi connectivity index (χ0v) is 20.7. The first-order chi connectivity index (χ1) is 17.3. The molecule has 1 aromatic heterocycles. The van der Waals surface area contributed by atoms with E-state index in [2.05, 4.69) is 9.97 Å². The minimum absolute atomic E-state index is 0.0471. The summed E-state index contributed by atoms with van der Waals surface area (Å²) in [7, 11) is -2.66. The number of hydrogen-bond donors (Lipinski definition) is 1. The molecule has 1 unspecified atom stereocenters. The highest BCUT2D eigenvalue weighted by Crippen LogP contribution is 2.35. The van der Waals surface area contributed by atoms with Gasteiger partial charge in [0.25, 0.3) is 0 Å². The minimum atomic E-state index is -4.00. The molecule has 0 aliphatic rings. The number of rotatable bonds is 9. The maximum Gasteiger partial charge on any atom is 0.305 e. The van der Waals surface area contributed by atoms with E-state index < -0.39 is 14.7 Å². The van der Waals surface area contributed by atoms with Crippen molar-refractivity contribution in [3.63, 3.8) is 0 Å². The number of carbonyl (C=O) groups is 1. The molecule has 3 aromatic carbocycles. The van der Waals surface area contributed by atoms with Crippen molar-refractivity contribution in [1.29, 1.82) is 0 Å². The molecule has 0 amide bonds. The van der Waals surface area contributed by atoms with Crippen molar-refractivity contribution in [3.05, 3.63) is 114 Å². The van der Waals surface area contributed by atoms with Gasteiger partial charge in [0, 0.05) is 30.8 Å². The number of methoxy groups -OCH3 is 1. The molecular formula is C28H27N3O4S. The van der Waals surface area contributed by atoms with Crippen LogP contribution in [0.2, 0.25) is 0 Å². The smallest absolute Gasteiger partial charge is 0.305 e. The highest BCUT2D eigenvalue weighted by molar-refractivity contribution is 7.92. The van der Waals surface area contributed by atoms with Crippen molar-refractivity contribution in [2.24, 2.45) is 5.73 Å². The third-order valence-electron chi connectivity index (χ3n) is 6.07. The number of carbonyl (C=O) groups excluding carboxylic acids is 1. The van der Waals surface area contributed by atoms with Crippen LogP contribution < -0.4 is 5.73 Å². The van der Waals surface area contributed by atoms with Gasteiger partial charge in [0.15, 0.2) is 4.87 Å². The summed E-state index contributed by atoms with van der Waals surface area (Å²) in [6, 6.07) is 22.8. The maximum atomic E-state index is 14.0. The van der Waals surface area contributed by atoms with Gasteiger partial charge in [0.1, 0.15) is 0 Å². The van der Waals surface area contributed by atoms with Crippen molar-refractivity contribution in [1.82, 2.24) is 9.97 Å². The quantitative estimate of drug-likeness (QED) is 0.344. The molecule has 0 radical (unpaired) electrons. The normalized spacial score (nSPS) is 13.1. The van der Waals surface area contributed by atoms with E-state index >= 15 is 0 Å². The number of aryl methyl sites for hydroxylation is 1. The number of sulfone groups is 1. The number of hydrogen-bond acceptors (Lipinski definition) is 7. The third kappa shape index (κ3) is 5.35. The molecule has 2 N–H and O–H groups in total. The third-order valence-corrected chi connectivity index (χ3v) is 8.31. The average molecular weight is 502 g/mol. The van der Waals surface area contributed by atoms with Crippen LogP contribution in [0.3, 0.4) is 0 Å². The molecule has 0 spiro atoms. The topological polar surface area (TPSA) is 112 Å². The molecule has 1 heterocycles. The van der Waals surface area contributed by atoms with E-state index in [1.165, 1.54) is 7.11 Å². The van der Waals surface area contributed by atoms with Gasteiger partial charge in [0.05, 0.1) is 23.9 Å². The van der Waals surface area contributed by atoms with Crippen LogP contribution in [-0.2, 0) is 37.1 Å². The van der Waals surface area contributed by atoms with Gasteiger partial charge in [-0.3, -0.25) is 14.8 Å². The second kappa shape index (κ2) is 10.8. The lowest BCUT2D eigenvalue weighted by Crippen LogP contribution is -2.46.